The van der Waals surface area contributed by atoms with Crippen LogP contribution in [0.1, 0.15) is 22.3 Å². The number of aromatic nitrogens is 3. The van der Waals surface area contributed by atoms with Crippen LogP contribution in [0.4, 0.5) is 0 Å². The Hall–Kier alpha value is -13.5. The van der Waals surface area contributed by atoms with E-state index in [4.69, 9.17) is 15.0 Å². The van der Waals surface area contributed by atoms with E-state index in [9.17, 15) is 0 Å². The minimum atomic E-state index is -0.403. The van der Waals surface area contributed by atoms with Crippen LogP contribution in [0.2, 0.25) is 0 Å². The van der Waals surface area contributed by atoms with E-state index in [2.05, 4.69) is 394 Å². The molecule has 0 amide bonds. The lowest BCUT2D eigenvalue weighted by molar-refractivity contribution is 0.794. The number of rotatable bonds is 13. The third-order valence-electron chi connectivity index (χ3n) is 20.9. The standard InChI is InChI=1S/C100H65N3/c1-3-22-66(23-4-1)70-26-13-29-73(56-70)75-31-15-28-72(58-75)68-50-52-69(53-51-68)97-101-98(87-42-20-40-84(63-87)81-37-17-32-76(60-81)74-30-14-27-71(57-74)67-24-5-2-6-25-67)103-99(102-97)88-43-21-41-85(64-88)82-38-18-35-79(61-82)77-33-16-34-78(59-77)80-36-19-39-83(62-80)86-54-55-92-91-46-9-12-49-95(91)100(96(92)65-86)93-47-10-7-44-89(93)90-45-8-11-48-94(90)100/h1-65H. The highest BCUT2D eigenvalue weighted by Crippen LogP contribution is 2.63. The highest BCUT2D eigenvalue weighted by atomic mass is 15.0. The number of nitrogens with zero attached hydrogens (tertiary/aromatic N) is 3. The summed E-state index contributed by atoms with van der Waals surface area (Å²) in [6, 6.07) is 143. The maximum atomic E-state index is 5.37. The molecule has 0 unspecified atom stereocenters. The molecule has 0 fully saturated rings. The Bertz CT molecular complexity index is 6060. The second-order valence-electron chi connectivity index (χ2n) is 27.0. The normalized spacial score (nSPS) is 12.2. The van der Waals surface area contributed by atoms with E-state index in [1.807, 2.05) is 0 Å². The van der Waals surface area contributed by atoms with Crippen molar-refractivity contribution in [3.63, 3.8) is 0 Å². The first-order valence-corrected chi connectivity index (χ1v) is 35.3. The molecule has 103 heavy (non-hydrogen) atoms. The predicted octanol–water partition coefficient (Wildman–Crippen LogP) is 25.9. The minimum absolute atomic E-state index is 0.403. The van der Waals surface area contributed by atoms with Gasteiger partial charge in [0.2, 0.25) is 0 Å². The van der Waals surface area contributed by atoms with Crippen molar-refractivity contribution in [3.8, 4) is 168 Å². The van der Waals surface area contributed by atoms with E-state index in [-0.39, 0.29) is 0 Å². The highest BCUT2D eigenvalue weighted by molar-refractivity contribution is 5.96. The first-order chi connectivity index (χ1) is 51.0. The number of hydrogen-bond acceptors (Lipinski definition) is 3. The van der Waals surface area contributed by atoms with Gasteiger partial charge in [-0.3, -0.25) is 0 Å². The summed E-state index contributed by atoms with van der Waals surface area (Å²) in [5.74, 6) is 1.77. The Morgan fingerprint density at radius 3 is 0.631 bits per heavy atom. The molecule has 17 aromatic rings. The SMILES string of the molecule is c1ccc(-c2cccc(-c3cccc(-c4ccc(-c5nc(-c6cccc(-c7cccc(-c8cccc(-c9ccccc9)c8)c7)c6)nc(-c6cccc(-c7cccc(-c8cccc(-c9cccc(-c%10ccc%11c(c%10)C%10(c%12ccccc%12-c%12ccccc%12%10)c%10ccccc%10-%11)c9)c8)c7)c6)n5)cc4)c3)c2)cc1. The van der Waals surface area contributed by atoms with Gasteiger partial charge in [0.1, 0.15) is 0 Å². The molecule has 0 N–H and O–H groups in total. The molecule has 2 aliphatic rings. The maximum absolute atomic E-state index is 5.37. The average molecular weight is 1310 g/mol. The predicted molar refractivity (Wildman–Crippen MR) is 427 cm³/mol. The third-order valence-corrected chi connectivity index (χ3v) is 20.9. The van der Waals surface area contributed by atoms with Crippen molar-refractivity contribution in [2.24, 2.45) is 0 Å². The molecule has 480 valence electrons. The zero-order valence-electron chi connectivity index (χ0n) is 56.4. The molecule has 1 spiro atoms. The molecule has 3 nitrogen and oxygen atoms in total. The van der Waals surface area contributed by atoms with Gasteiger partial charge in [0.05, 0.1) is 5.41 Å². The molecular weight excluding hydrogens is 1240 g/mol. The van der Waals surface area contributed by atoms with E-state index in [1.54, 1.807) is 0 Å². The van der Waals surface area contributed by atoms with Gasteiger partial charge in [0, 0.05) is 16.7 Å². The third kappa shape index (κ3) is 11.1. The lowest BCUT2D eigenvalue weighted by Gasteiger charge is -2.30. The van der Waals surface area contributed by atoms with Gasteiger partial charge in [0.15, 0.2) is 17.5 Å². The highest BCUT2D eigenvalue weighted by Gasteiger charge is 2.51. The molecule has 16 aromatic carbocycles. The van der Waals surface area contributed by atoms with Crippen LogP contribution in [-0.4, -0.2) is 15.0 Å². The lowest BCUT2D eigenvalue weighted by atomic mass is 9.70. The second kappa shape index (κ2) is 25.7. The van der Waals surface area contributed by atoms with Crippen molar-refractivity contribution in [1.82, 2.24) is 15.0 Å². The first kappa shape index (κ1) is 60.7. The van der Waals surface area contributed by atoms with Gasteiger partial charge >= 0.3 is 0 Å². The van der Waals surface area contributed by atoms with Crippen LogP contribution in [-0.2, 0) is 5.41 Å². The van der Waals surface area contributed by atoms with Crippen molar-refractivity contribution >= 4 is 0 Å². The van der Waals surface area contributed by atoms with Gasteiger partial charge < -0.3 is 0 Å². The van der Waals surface area contributed by atoms with E-state index >= 15 is 0 Å². The summed E-state index contributed by atoms with van der Waals surface area (Å²) in [5, 5.41) is 0. The Labute approximate surface area is 600 Å². The fourth-order valence-electron chi connectivity index (χ4n) is 15.9. The second-order valence-corrected chi connectivity index (χ2v) is 27.0. The Balaban J connectivity index is 0.646. The van der Waals surface area contributed by atoms with Crippen LogP contribution in [0, 0.1) is 0 Å². The Morgan fingerprint density at radius 2 is 0.320 bits per heavy atom. The molecule has 0 radical (unpaired) electrons. The Kier molecular flexibility index (Phi) is 15.1. The van der Waals surface area contributed by atoms with Crippen molar-refractivity contribution in [1.29, 1.82) is 0 Å². The van der Waals surface area contributed by atoms with Gasteiger partial charge in [0.25, 0.3) is 0 Å². The smallest absolute Gasteiger partial charge is 0.164 e. The van der Waals surface area contributed by atoms with Crippen LogP contribution in [0.3, 0.4) is 0 Å². The average Bonchev–Trinajstić information content (AvgIpc) is 1.51. The molecule has 2 aliphatic carbocycles. The van der Waals surface area contributed by atoms with Crippen LogP contribution >= 0.6 is 0 Å². The number of benzene rings is 16. The van der Waals surface area contributed by atoms with E-state index in [1.165, 1.54) is 89.0 Å². The quantitative estimate of drug-likeness (QED) is 0.115. The molecule has 1 heterocycles. The van der Waals surface area contributed by atoms with Crippen LogP contribution in [0.15, 0.2) is 394 Å². The monoisotopic (exact) mass is 1310 g/mol. The fourth-order valence-corrected chi connectivity index (χ4v) is 15.9. The first-order valence-electron chi connectivity index (χ1n) is 35.3. The van der Waals surface area contributed by atoms with Gasteiger partial charge in [-0.2, -0.15) is 0 Å². The summed E-state index contributed by atoms with van der Waals surface area (Å²) >= 11 is 0. The minimum Gasteiger partial charge on any atom is -0.208 e. The largest absolute Gasteiger partial charge is 0.208 e. The molecule has 1 aromatic heterocycles. The molecule has 0 atom stereocenters. The summed E-state index contributed by atoms with van der Waals surface area (Å²) < 4.78 is 0. The van der Waals surface area contributed by atoms with Crippen LogP contribution in [0.25, 0.3) is 168 Å². The molecule has 3 heteroatoms. The van der Waals surface area contributed by atoms with Crippen molar-refractivity contribution in [3.05, 3.63) is 417 Å². The van der Waals surface area contributed by atoms with Gasteiger partial charge in [-0.15, -0.1) is 0 Å². The van der Waals surface area contributed by atoms with Gasteiger partial charge in [-0.1, -0.05) is 334 Å². The summed E-state index contributed by atoms with van der Waals surface area (Å²) in [4.78, 5) is 16.0. The fraction of sp³-hybridized carbons (Fsp3) is 0.0100. The molecular formula is C100H65N3. The lowest BCUT2D eigenvalue weighted by Crippen LogP contribution is -2.25. The van der Waals surface area contributed by atoms with Crippen LogP contribution < -0.4 is 0 Å². The van der Waals surface area contributed by atoms with Gasteiger partial charge in [-0.25, -0.2) is 15.0 Å². The zero-order valence-corrected chi connectivity index (χ0v) is 56.4. The van der Waals surface area contributed by atoms with Gasteiger partial charge in [-0.05, 0) is 216 Å². The Morgan fingerprint density at radius 1 is 0.126 bits per heavy atom. The van der Waals surface area contributed by atoms with Crippen molar-refractivity contribution in [2.75, 3.05) is 0 Å². The van der Waals surface area contributed by atoms with Crippen molar-refractivity contribution in [2.45, 2.75) is 5.41 Å². The molecule has 0 bridgehead atoms. The molecule has 0 aliphatic heterocycles. The van der Waals surface area contributed by atoms with Crippen molar-refractivity contribution < 1.29 is 0 Å². The number of fused-ring (bicyclic) bond motifs is 10. The molecule has 0 saturated heterocycles. The maximum Gasteiger partial charge on any atom is 0.164 e. The summed E-state index contributed by atoms with van der Waals surface area (Å²) in [6.07, 6.45) is 0. The van der Waals surface area contributed by atoms with Crippen LogP contribution in [0.5, 0.6) is 0 Å². The summed E-state index contributed by atoms with van der Waals surface area (Å²) in [5.41, 5.74) is 35.8. The topological polar surface area (TPSA) is 38.7 Å². The molecule has 0 saturated carbocycles. The number of hydrogen-bond donors (Lipinski definition) is 0. The van der Waals surface area contributed by atoms with E-state index in [0.29, 0.717) is 17.5 Å². The van der Waals surface area contributed by atoms with E-state index < -0.39 is 5.41 Å². The summed E-state index contributed by atoms with van der Waals surface area (Å²) in [7, 11) is 0. The summed E-state index contributed by atoms with van der Waals surface area (Å²) in [6.45, 7) is 0. The van der Waals surface area contributed by atoms with E-state index in [0.717, 1.165) is 83.5 Å². The zero-order chi connectivity index (χ0) is 68.2. The molecule has 19 rings (SSSR count).